The van der Waals surface area contributed by atoms with E-state index in [4.69, 9.17) is 0 Å². The highest BCUT2D eigenvalue weighted by atomic mass is 79.9. The van der Waals surface area contributed by atoms with Gasteiger partial charge in [0.25, 0.3) is 11.8 Å². The molecule has 0 saturated heterocycles. The Morgan fingerprint density at radius 1 is 0.759 bits per heavy atom. The van der Waals surface area contributed by atoms with Crippen molar-refractivity contribution in [3.05, 3.63) is 100 Å². The summed E-state index contributed by atoms with van der Waals surface area (Å²) in [7, 11) is 0. The van der Waals surface area contributed by atoms with Gasteiger partial charge >= 0.3 is 0 Å². The van der Waals surface area contributed by atoms with Crippen molar-refractivity contribution < 1.29 is 18.4 Å². The summed E-state index contributed by atoms with van der Waals surface area (Å²) in [6.07, 6.45) is 1.34. The average Bonchev–Trinajstić information content (AvgIpc) is 2.69. The Kier molecular flexibility index (Phi) is 6.51. The minimum Gasteiger partial charge on any atom is -0.319 e. The lowest BCUT2D eigenvalue weighted by Crippen LogP contribution is -2.26. The predicted octanol–water partition coefficient (Wildman–Crippen LogP) is 5.39. The molecule has 4 nitrogen and oxygen atoms in total. The normalized spacial score (nSPS) is 10.2. The highest BCUT2D eigenvalue weighted by Crippen LogP contribution is 2.19. The van der Waals surface area contributed by atoms with Gasteiger partial charge in [0.1, 0.15) is 17.2 Å². The Bertz CT molecular complexity index is 1040. The third-order valence-electron chi connectivity index (χ3n) is 3.89. The summed E-state index contributed by atoms with van der Waals surface area (Å²) in [5, 5.41) is 4.76. The molecule has 0 fully saturated rings. The first-order chi connectivity index (χ1) is 13.9. The maximum absolute atomic E-state index is 13.9. The van der Waals surface area contributed by atoms with Crippen molar-refractivity contribution in [2.24, 2.45) is 0 Å². The largest absolute Gasteiger partial charge is 0.319 e. The molecule has 146 valence electrons. The zero-order valence-electron chi connectivity index (χ0n) is 15.0. The fourth-order valence-corrected chi connectivity index (χ4v) is 2.92. The zero-order valence-corrected chi connectivity index (χ0v) is 16.5. The van der Waals surface area contributed by atoms with Crippen LogP contribution in [0.5, 0.6) is 0 Å². The van der Waals surface area contributed by atoms with Crippen molar-refractivity contribution >= 4 is 45.2 Å². The maximum atomic E-state index is 13.9. The number of hydrogen-bond donors (Lipinski definition) is 2. The standard InChI is InChI=1S/C22H15BrF2N2O2/c23-15-7-5-6-14(12-15)13-16(21(28)26-19-10-3-1-8-17(19)24)22(29)27-20-11-4-2-9-18(20)25/h1-13H,(H,26,28)(H,27,29). The Balaban J connectivity index is 1.95. The number of rotatable bonds is 5. The molecule has 0 radical (unpaired) electrons. The fourth-order valence-electron chi connectivity index (χ4n) is 2.50. The van der Waals surface area contributed by atoms with Gasteiger partial charge in [0.05, 0.1) is 11.4 Å². The van der Waals surface area contributed by atoms with Crippen molar-refractivity contribution in [2.45, 2.75) is 0 Å². The van der Waals surface area contributed by atoms with Crippen molar-refractivity contribution in [1.82, 2.24) is 0 Å². The molecule has 0 aliphatic carbocycles. The number of nitrogens with one attached hydrogen (secondary N) is 2. The Morgan fingerprint density at radius 2 is 1.28 bits per heavy atom. The summed E-state index contributed by atoms with van der Waals surface area (Å²) in [6, 6.07) is 18.1. The SMILES string of the molecule is O=C(Nc1ccccc1F)C(=Cc1cccc(Br)c1)C(=O)Nc1ccccc1F. The van der Waals surface area contributed by atoms with Crippen LogP contribution >= 0.6 is 15.9 Å². The molecule has 0 aliphatic heterocycles. The van der Waals surface area contributed by atoms with Crippen LogP contribution in [0.15, 0.2) is 82.8 Å². The predicted molar refractivity (Wildman–Crippen MR) is 112 cm³/mol. The van der Waals surface area contributed by atoms with Gasteiger partial charge in [0, 0.05) is 4.47 Å². The molecule has 7 heteroatoms. The van der Waals surface area contributed by atoms with Gasteiger partial charge in [-0.15, -0.1) is 0 Å². The first-order valence-electron chi connectivity index (χ1n) is 8.53. The van der Waals surface area contributed by atoms with Crippen LogP contribution in [-0.2, 0) is 9.59 Å². The topological polar surface area (TPSA) is 58.2 Å². The van der Waals surface area contributed by atoms with Gasteiger partial charge in [-0.1, -0.05) is 52.3 Å². The lowest BCUT2D eigenvalue weighted by Gasteiger charge is -2.11. The second-order valence-electron chi connectivity index (χ2n) is 5.98. The first-order valence-corrected chi connectivity index (χ1v) is 9.32. The van der Waals surface area contributed by atoms with Crippen LogP contribution in [0.25, 0.3) is 6.08 Å². The van der Waals surface area contributed by atoms with Crippen molar-refractivity contribution in [3.8, 4) is 0 Å². The van der Waals surface area contributed by atoms with Crippen LogP contribution in [0.1, 0.15) is 5.56 Å². The van der Waals surface area contributed by atoms with Crippen LogP contribution in [0.4, 0.5) is 20.2 Å². The van der Waals surface area contributed by atoms with E-state index >= 15 is 0 Å². The summed E-state index contributed by atoms with van der Waals surface area (Å²) in [6.45, 7) is 0. The molecule has 0 aromatic heterocycles. The van der Waals surface area contributed by atoms with Crippen LogP contribution in [0, 0.1) is 11.6 Å². The van der Waals surface area contributed by atoms with Crippen LogP contribution in [0.2, 0.25) is 0 Å². The molecule has 29 heavy (non-hydrogen) atoms. The van der Waals surface area contributed by atoms with E-state index < -0.39 is 23.4 Å². The number of carbonyl (C=O) groups is 2. The lowest BCUT2D eigenvalue weighted by atomic mass is 10.1. The first kappa shape index (κ1) is 20.4. The van der Waals surface area contributed by atoms with E-state index in [1.165, 1.54) is 42.5 Å². The van der Waals surface area contributed by atoms with E-state index in [-0.39, 0.29) is 16.9 Å². The molecule has 3 aromatic rings. The van der Waals surface area contributed by atoms with E-state index in [0.29, 0.717) is 5.56 Å². The number of hydrogen-bond acceptors (Lipinski definition) is 2. The quantitative estimate of drug-likeness (QED) is 0.307. The summed E-state index contributed by atoms with van der Waals surface area (Å²) in [5.41, 5.74) is 0.101. The fraction of sp³-hybridized carbons (Fsp3) is 0. The second kappa shape index (κ2) is 9.25. The van der Waals surface area contributed by atoms with E-state index in [0.717, 1.165) is 4.47 Å². The van der Waals surface area contributed by atoms with Crippen molar-refractivity contribution in [1.29, 1.82) is 0 Å². The molecule has 0 unspecified atom stereocenters. The van der Waals surface area contributed by atoms with E-state index in [1.54, 1.807) is 36.4 Å². The molecule has 2 amide bonds. The van der Waals surface area contributed by atoms with Gasteiger partial charge in [-0.25, -0.2) is 8.78 Å². The van der Waals surface area contributed by atoms with E-state index in [2.05, 4.69) is 26.6 Å². The monoisotopic (exact) mass is 456 g/mol. The summed E-state index contributed by atoms with van der Waals surface area (Å²) in [4.78, 5) is 25.5. The number of benzene rings is 3. The molecule has 2 N–H and O–H groups in total. The number of halogens is 3. The minimum absolute atomic E-state index is 0.0728. The van der Waals surface area contributed by atoms with Gasteiger partial charge in [-0.3, -0.25) is 9.59 Å². The summed E-state index contributed by atoms with van der Waals surface area (Å²) in [5.74, 6) is -2.94. The van der Waals surface area contributed by atoms with Gasteiger partial charge in [-0.2, -0.15) is 0 Å². The molecule has 3 rings (SSSR count). The Morgan fingerprint density at radius 3 is 1.76 bits per heavy atom. The molecule has 0 aliphatic rings. The number of para-hydroxylation sites is 2. The highest BCUT2D eigenvalue weighted by Gasteiger charge is 2.21. The molecule has 3 aromatic carbocycles. The average molecular weight is 457 g/mol. The van der Waals surface area contributed by atoms with Gasteiger partial charge in [0.2, 0.25) is 0 Å². The maximum Gasteiger partial charge on any atom is 0.261 e. The summed E-state index contributed by atoms with van der Waals surface area (Å²) < 4.78 is 28.6. The zero-order chi connectivity index (χ0) is 20.8. The molecular formula is C22H15BrF2N2O2. The molecular weight excluding hydrogens is 442 g/mol. The number of amides is 2. The minimum atomic E-state index is -0.830. The molecule has 0 atom stereocenters. The number of anilines is 2. The van der Waals surface area contributed by atoms with Crippen molar-refractivity contribution in [3.63, 3.8) is 0 Å². The van der Waals surface area contributed by atoms with Crippen LogP contribution in [-0.4, -0.2) is 11.8 Å². The van der Waals surface area contributed by atoms with Crippen molar-refractivity contribution in [2.75, 3.05) is 10.6 Å². The lowest BCUT2D eigenvalue weighted by molar-refractivity contribution is -0.118. The Hall–Kier alpha value is -3.32. The molecule has 0 heterocycles. The molecule has 0 bridgehead atoms. The second-order valence-corrected chi connectivity index (χ2v) is 6.90. The third-order valence-corrected chi connectivity index (χ3v) is 4.39. The Labute approximate surface area is 174 Å². The molecule has 0 spiro atoms. The van der Waals surface area contributed by atoms with Gasteiger partial charge < -0.3 is 10.6 Å². The molecule has 0 saturated carbocycles. The smallest absolute Gasteiger partial charge is 0.261 e. The third kappa shape index (κ3) is 5.36. The van der Waals surface area contributed by atoms with Crippen LogP contribution < -0.4 is 10.6 Å². The number of carbonyl (C=O) groups excluding carboxylic acids is 2. The van der Waals surface area contributed by atoms with E-state index in [9.17, 15) is 18.4 Å². The van der Waals surface area contributed by atoms with E-state index in [1.807, 2.05) is 0 Å². The summed E-state index contributed by atoms with van der Waals surface area (Å²) >= 11 is 3.32. The van der Waals surface area contributed by atoms with Crippen LogP contribution in [0.3, 0.4) is 0 Å². The highest BCUT2D eigenvalue weighted by molar-refractivity contribution is 9.10. The van der Waals surface area contributed by atoms with Gasteiger partial charge in [-0.05, 0) is 48.0 Å². The van der Waals surface area contributed by atoms with Gasteiger partial charge in [0.15, 0.2) is 0 Å².